The summed E-state index contributed by atoms with van der Waals surface area (Å²) in [5.74, 6) is -1.97. The second-order valence-electron chi connectivity index (χ2n) is 7.37. The number of amides is 1. The van der Waals surface area contributed by atoms with Crippen LogP contribution in [0.4, 0.5) is 8.78 Å². The van der Waals surface area contributed by atoms with Gasteiger partial charge >= 0.3 is 0 Å². The van der Waals surface area contributed by atoms with Crippen molar-refractivity contribution in [2.75, 3.05) is 0 Å². The van der Waals surface area contributed by atoms with Crippen molar-refractivity contribution in [3.05, 3.63) is 57.3 Å². The van der Waals surface area contributed by atoms with Crippen LogP contribution in [0.25, 0.3) is 0 Å². The number of benzene rings is 1. The molecule has 1 N–H and O–H groups in total. The summed E-state index contributed by atoms with van der Waals surface area (Å²) >= 11 is 2.89. The van der Waals surface area contributed by atoms with E-state index in [2.05, 4.69) is 5.10 Å². The fourth-order valence-corrected chi connectivity index (χ4v) is 6.17. The van der Waals surface area contributed by atoms with Crippen molar-refractivity contribution in [2.24, 2.45) is 11.0 Å². The van der Waals surface area contributed by atoms with Gasteiger partial charge in [-0.1, -0.05) is 25.6 Å². The van der Waals surface area contributed by atoms with Crippen LogP contribution in [0.15, 0.2) is 34.7 Å². The Hall–Kier alpha value is -1.77. The average Bonchev–Trinajstić information content (AvgIpc) is 3.29. The van der Waals surface area contributed by atoms with Gasteiger partial charge in [-0.05, 0) is 54.8 Å². The standard InChI is InChI=1S/C20H20F2N2O2S2/c1-11(2)17(25)19(26)24-20(8-3-4-16-14(20)7-9-27-16)28-18(23-24)13-10-12(21)5-6-15(13)22/h5-7,9-11,17,25H,3-4,8H2,1-2H3/t17-,20?/m1/s1. The number of aryl methyl sites for hydroxylation is 1. The van der Waals surface area contributed by atoms with Crippen LogP contribution in [-0.4, -0.2) is 27.2 Å². The van der Waals surface area contributed by atoms with Gasteiger partial charge in [0.25, 0.3) is 5.91 Å². The van der Waals surface area contributed by atoms with Crippen molar-refractivity contribution >= 4 is 34.0 Å². The first-order valence-electron chi connectivity index (χ1n) is 9.15. The lowest BCUT2D eigenvalue weighted by Gasteiger charge is -2.39. The molecule has 2 aliphatic rings. The van der Waals surface area contributed by atoms with E-state index in [-0.39, 0.29) is 16.5 Å². The molecule has 1 amide bonds. The third-order valence-electron chi connectivity index (χ3n) is 5.14. The summed E-state index contributed by atoms with van der Waals surface area (Å²) in [6.45, 7) is 3.51. The molecular weight excluding hydrogens is 402 g/mol. The van der Waals surface area contributed by atoms with Gasteiger partial charge in [0, 0.05) is 16.0 Å². The van der Waals surface area contributed by atoms with E-state index in [1.54, 1.807) is 25.2 Å². The predicted molar refractivity (Wildman–Crippen MR) is 107 cm³/mol. The van der Waals surface area contributed by atoms with Gasteiger partial charge < -0.3 is 5.11 Å². The van der Waals surface area contributed by atoms with Crippen LogP contribution in [0, 0.1) is 17.6 Å². The first-order chi connectivity index (χ1) is 13.3. The van der Waals surface area contributed by atoms with Gasteiger partial charge in [-0.25, -0.2) is 13.8 Å². The summed E-state index contributed by atoms with van der Waals surface area (Å²) in [7, 11) is 0. The number of hydrogen-bond acceptors (Lipinski definition) is 5. The zero-order valence-corrected chi connectivity index (χ0v) is 17.1. The van der Waals surface area contributed by atoms with Crippen LogP contribution in [0.3, 0.4) is 0 Å². The number of hydrogen-bond donors (Lipinski definition) is 1. The average molecular weight is 423 g/mol. The van der Waals surface area contributed by atoms with E-state index in [0.29, 0.717) is 6.42 Å². The molecule has 1 aromatic heterocycles. The number of nitrogens with zero attached hydrogens (tertiary/aromatic N) is 2. The highest BCUT2D eigenvalue weighted by Crippen LogP contribution is 2.55. The Morgan fingerprint density at radius 1 is 1.32 bits per heavy atom. The Kier molecular flexibility index (Phi) is 5.05. The number of thioether (sulfide) groups is 1. The van der Waals surface area contributed by atoms with Crippen molar-refractivity contribution in [3.8, 4) is 0 Å². The first-order valence-corrected chi connectivity index (χ1v) is 10.8. The van der Waals surface area contributed by atoms with Crippen LogP contribution in [0.2, 0.25) is 0 Å². The number of fused-ring (bicyclic) bond motifs is 2. The molecule has 1 aliphatic heterocycles. The van der Waals surface area contributed by atoms with Crippen molar-refractivity contribution in [3.63, 3.8) is 0 Å². The minimum Gasteiger partial charge on any atom is -0.383 e. The second-order valence-corrected chi connectivity index (χ2v) is 9.63. The maximum absolute atomic E-state index is 14.4. The smallest absolute Gasteiger partial charge is 0.273 e. The molecular formula is C20H20F2N2O2S2. The van der Waals surface area contributed by atoms with Crippen LogP contribution in [0.1, 0.15) is 42.7 Å². The van der Waals surface area contributed by atoms with Crippen LogP contribution in [0.5, 0.6) is 0 Å². The number of rotatable bonds is 3. The highest BCUT2D eigenvalue weighted by Gasteiger charge is 2.52. The summed E-state index contributed by atoms with van der Waals surface area (Å²) in [5, 5.41) is 18.4. The lowest BCUT2D eigenvalue weighted by Crippen LogP contribution is -2.48. The SMILES string of the molecule is CC(C)[C@@H](O)C(=O)N1N=C(c2cc(F)ccc2F)SC12CCCc1sccc12. The highest BCUT2D eigenvalue weighted by atomic mass is 32.2. The molecule has 1 spiro atoms. The summed E-state index contributed by atoms with van der Waals surface area (Å²) in [6, 6.07) is 5.18. The lowest BCUT2D eigenvalue weighted by molar-refractivity contribution is -0.146. The van der Waals surface area contributed by atoms with Crippen molar-refractivity contribution < 1.29 is 18.7 Å². The van der Waals surface area contributed by atoms with E-state index >= 15 is 0 Å². The molecule has 2 aromatic rings. The number of hydrazone groups is 1. The van der Waals surface area contributed by atoms with Crippen molar-refractivity contribution in [1.82, 2.24) is 5.01 Å². The van der Waals surface area contributed by atoms with Crippen LogP contribution < -0.4 is 0 Å². The van der Waals surface area contributed by atoms with E-state index < -0.39 is 28.5 Å². The molecule has 8 heteroatoms. The molecule has 28 heavy (non-hydrogen) atoms. The normalized spacial score (nSPS) is 22.5. The Bertz CT molecular complexity index is 959. The molecule has 0 saturated heterocycles. The van der Waals surface area contributed by atoms with Gasteiger partial charge in [-0.15, -0.1) is 11.3 Å². The molecule has 4 rings (SSSR count). The monoisotopic (exact) mass is 422 g/mol. The number of thiophene rings is 1. The molecule has 0 radical (unpaired) electrons. The van der Waals surface area contributed by atoms with Gasteiger partial charge in [0.15, 0.2) is 0 Å². The Morgan fingerprint density at radius 3 is 2.86 bits per heavy atom. The highest BCUT2D eigenvalue weighted by molar-refractivity contribution is 8.15. The summed E-state index contributed by atoms with van der Waals surface area (Å²) < 4.78 is 28.2. The molecule has 0 saturated carbocycles. The van der Waals surface area contributed by atoms with E-state index in [9.17, 15) is 18.7 Å². The fraction of sp³-hybridized carbons (Fsp3) is 0.400. The molecule has 148 valence electrons. The zero-order chi connectivity index (χ0) is 20.1. The summed E-state index contributed by atoms with van der Waals surface area (Å²) in [6.07, 6.45) is 1.16. The van der Waals surface area contributed by atoms with E-state index in [0.717, 1.165) is 41.5 Å². The fourth-order valence-electron chi connectivity index (χ4n) is 3.63. The van der Waals surface area contributed by atoms with E-state index in [1.807, 2.05) is 11.4 Å². The zero-order valence-electron chi connectivity index (χ0n) is 15.5. The number of carbonyl (C=O) groups is 1. The van der Waals surface area contributed by atoms with Crippen LogP contribution in [-0.2, 0) is 16.1 Å². The number of aliphatic hydroxyl groups excluding tert-OH is 1. The van der Waals surface area contributed by atoms with Gasteiger partial charge in [0.2, 0.25) is 0 Å². The van der Waals surface area contributed by atoms with E-state index in [4.69, 9.17) is 0 Å². The lowest BCUT2D eigenvalue weighted by atomic mass is 9.92. The van der Waals surface area contributed by atoms with Gasteiger partial charge in [-0.2, -0.15) is 5.10 Å². The molecule has 1 aliphatic carbocycles. The Balaban J connectivity index is 1.84. The minimum atomic E-state index is -1.22. The van der Waals surface area contributed by atoms with Gasteiger partial charge in [0.1, 0.15) is 27.7 Å². The minimum absolute atomic E-state index is 0.0288. The largest absolute Gasteiger partial charge is 0.383 e. The molecule has 0 bridgehead atoms. The molecule has 1 unspecified atom stereocenters. The maximum atomic E-state index is 14.4. The molecule has 2 atom stereocenters. The molecule has 4 nitrogen and oxygen atoms in total. The topological polar surface area (TPSA) is 52.9 Å². The summed E-state index contributed by atoms with van der Waals surface area (Å²) in [4.78, 5) is 13.4. The second kappa shape index (κ2) is 7.24. The third-order valence-corrected chi connectivity index (χ3v) is 7.55. The molecule has 2 heterocycles. The first kappa shape index (κ1) is 19.5. The van der Waals surface area contributed by atoms with Gasteiger partial charge in [0.05, 0.1) is 0 Å². The van der Waals surface area contributed by atoms with Crippen molar-refractivity contribution in [2.45, 2.75) is 44.1 Å². The maximum Gasteiger partial charge on any atom is 0.273 e. The quantitative estimate of drug-likeness (QED) is 0.794. The Morgan fingerprint density at radius 2 is 2.11 bits per heavy atom. The molecule has 0 fully saturated rings. The molecule has 1 aromatic carbocycles. The Labute approximate surface area is 170 Å². The number of aliphatic hydroxyl groups is 1. The van der Waals surface area contributed by atoms with Crippen molar-refractivity contribution in [1.29, 1.82) is 0 Å². The number of carbonyl (C=O) groups excluding carboxylic acids is 1. The predicted octanol–water partition coefficient (Wildman–Crippen LogP) is 4.47. The summed E-state index contributed by atoms with van der Waals surface area (Å²) in [5.41, 5.74) is 0.995. The number of halogens is 2. The van der Waals surface area contributed by atoms with Gasteiger partial charge in [-0.3, -0.25) is 4.79 Å². The third kappa shape index (κ3) is 3.07. The van der Waals surface area contributed by atoms with Crippen LogP contribution >= 0.6 is 23.1 Å². The van der Waals surface area contributed by atoms with E-state index in [1.165, 1.54) is 16.8 Å².